The Morgan fingerprint density at radius 2 is 1.96 bits per heavy atom. The number of carboxylic acid groups (broad SMARTS) is 1. The number of hydrogen-bond donors (Lipinski definition) is 2. The minimum Gasteiger partial charge on any atom is -0.481 e. The van der Waals surface area contributed by atoms with E-state index in [1.54, 1.807) is 27.7 Å². The van der Waals surface area contributed by atoms with E-state index in [1.807, 2.05) is 0 Å². The molecule has 150 valence electrons. The Morgan fingerprint density at radius 3 is 2.56 bits per heavy atom. The van der Waals surface area contributed by atoms with Crippen molar-refractivity contribution in [3.8, 4) is 0 Å². The van der Waals surface area contributed by atoms with Gasteiger partial charge in [0.2, 0.25) is 5.91 Å². The molecule has 0 radical (unpaired) electrons. The highest BCUT2D eigenvalue weighted by atomic mass is 32.1. The Bertz CT molecular complexity index is 735. The van der Waals surface area contributed by atoms with Gasteiger partial charge in [-0.3, -0.25) is 9.59 Å². The van der Waals surface area contributed by atoms with Crippen molar-refractivity contribution >= 4 is 34.2 Å². The van der Waals surface area contributed by atoms with E-state index < -0.39 is 17.4 Å². The standard InChI is InChI=1S/C20H29NO5S/c1-11(2)26-19(25)17-13-7-6-12(3)8-14(13)27-18(17)21-15(22)9-20(4,5)10-16(23)24/h11-12H,6-10H2,1-5H3,(H,21,22)(H,23,24)/t12-/m0/s1. The van der Waals surface area contributed by atoms with Crippen LogP contribution in [0.2, 0.25) is 0 Å². The number of carbonyl (C=O) groups excluding carboxylic acids is 2. The quantitative estimate of drug-likeness (QED) is 0.673. The van der Waals surface area contributed by atoms with Crippen LogP contribution < -0.4 is 5.32 Å². The number of esters is 1. The van der Waals surface area contributed by atoms with Crippen LogP contribution in [0.4, 0.5) is 5.00 Å². The highest BCUT2D eigenvalue weighted by Crippen LogP contribution is 2.40. The van der Waals surface area contributed by atoms with E-state index in [9.17, 15) is 14.4 Å². The molecule has 0 spiro atoms. The Morgan fingerprint density at radius 1 is 1.30 bits per heavy atom. The van der Waals surface area contributed by atoms with Crippen LogP contribution in [0.5, 0.6) is 0 Å². The van der Waals surface area contributed by atoms with Crippen LogP contribution in [-0.4, -0.2) is 29.1 Å². The zero-order chi connectivity index (χ0) is 20.4. The average Bonchev–Trinajstić information content (AvgIpc) is 2.80. The molecule has 27 heavy (non-hydrogen) atoms. The van der Waals surface area contributed by atoms with E-state index in [0.717, 1.165) is 29.7 Å². The summed E-state index contributed by atoms with van der Waals surface area (Å²) >= 11 is 1.44. The third kappa shape index (κ3) is 5.79. The molecule has 1 amide bonds. The SMILES string of the molecule is CC(C)OC(=O)c1c(NC(=O)CC(C)(C)CC(=O)O)sc2c1CC[C@H](C)C2. The molecule has 0 unspecified atom stereocenters. The number of nitrogens with one attached hydrogen (secondary N) is 1. The molecule has 1 aliphatic carbocycles. The van der Waals surface area contributed by atoms with Crippen molar-refractivity contribution in [2.24, 2.45) is 11.3 Å². The number of thiophene rings is 1. The molecule has 0 aromatic carbocycles. The van der Waals surface area contributed by atoms with E-state index in [2.05, 4.69) is 12.2 Å². The highest BCUT2D eigenvalue weighted by molar-refractivity contribution is 7.17. The Hall–Kier alpha value is -1.89. The number of fused-ring (bicyclic) bond motifs is 1. The molecule has 0 bridgehead atoms. The lowest BCUT2D eigenvalue weighted by Crippen LogP contribution is -2.25. The van der Waals surface area contributed by atoms with Crippen LogP contribution in [0.15, 0.2) is 0 Å². The summed E-state index contributed by atoms with van der Waals surface area (Å²) in [5.41, 5.74) is 0.795. The van der Waals surface area contributed by atoms with Crippen molar-refractivity contribution in [2.75, 3.05) is 5.32 Å². The first-order valence-electron chi connectivity index (χ1n) is 9.35. The van der Waals surface area contributed by atoms with E-state index in [0.29, 0.717) is 16.5 Å². The molecule has 2 N–H and O–H groups in total. The van der Waals surface area contributed by atoms with Crippen LogP contribution in [0.3, 0.4) is 0 Å². The van der Waals surface area contributed by atoms with Crippen molar-refractivity contribution in [3.63, 3.8) is 0 Å². The number of carboxylic acids is 1. The van der Waals surface area contributed by atoms with Crippen LogP contribution in [-0.2, 0) is 27.2 Å². The van der Waals surface area contributed by atoms with Gasteiger partial charge in [0.05, 0.1) is 18.1 Å². The Balaban J connectivity index is 2.26. The Kier molecular flexibility index (Phi) is 6.68. The topological polar surface area (TPSA) is 92.7 Å². The third-order valence-corrected chi connectivity index (χ3v) is 5.75. The van der Waals surface area contributed by atoms with Gasteiger partial charge in [-0.2, -0.15) is 0 Å². The number of rotatable bonds is 7. The molecule has 7 heteroatoms. The lowest BCUT2D eigenvalue weighted by Gasteiger charge is -2.21. The molecule has 2 rings (SSSR count). The summed E-state index contributed by atoms with van der Waals surface area (Å²) < 4.78 is 5.40. The third-order valence-electron chi connectivity index (χ3n) is 4.58. The molecule has 0 saturated carbocycles. The minimum atomic E-state index is -0.936. The second-order valence-electron chi connectivity index (χ2n) is 8.47. The average molecular weight is 396 g/mol. The second kappa shape index (κ2) is 8.42. The molecule has 1 aromatic heterocycles. The van der Waals surface area contributed by atoms with Gasteiger partial charge in [0.1, 0.15) is 5.00 Å². The molecular formula is C20H29NO5S. The number of carbonyl (C=O) groups is 3. The second-order valence-corrected chi connectivity index (χ2v) is 9.57. The maximum absolute atomic E-state index is 12.7. The normalized spacial score (nSPS) is 16.7. The van der Waals surface area contributed by atoms with E-state index >= 15 is 0 Å². The molecule has 1 heterocycles. The van der Waals surface area contributed by atoms with Crippen molar-refractivity contribution in [1.29, 1.82) is 0 Å². The summed E-state index contributed by atoms with van der Waals surface area (Å²) in [6, 6.07) is 0. The first kappa shape index (κ1) is 21.4. The van der Waals surface area contributed by atoms with Gasteiger partial charge in [-0.15, -0.1) is 11.3 Å². The van der Waals surface area contributed by atoms with E-state index in [1.165, 1.54) is 11.3 Å². The van der Waals surface area contributed by atoms with E-state index in [-0.39, 0.29) is 24.9 Å². The minimum absolute atomic E-state index is 0.0664. The summed E-state index contributed by atoms with van der Waals surface area (Å²) in [4.78, 5) is 37.3. The maximum atomic E-state index is 12.7. The van der Waals surface area contributed by atoms with Gasteiger partial charge < -0.3 is 15.2 Å². The summed E-state index contributed by atoms with van der Waals surface area (Å²) in [5, 5.41) is 12.4. The largest absolute Gasteiger partial charge is 0.481 e. The van der Waals surface area contributed by atoms with Gasteiger partial charge in [0.25, 0.3) is 0 Å². The van der Waals surface area contributed by atoms with Crippen molar-refractivity contribution < 1.29 is 24.2 Å². The van der Waals surface area contributed by atoms with Crippen LogP contribution >= 0.6 is 11.3 Å². The molecule has 1 aromatic rings. The molecule has 0 fully saturated rings. The molecular weight excluding hydrogens is 366 g/mol. The lowest BCUT2D eigenvalue weighted by molar-refractivity contribution is -0.139. The first-order valence-corrected chi connectivity index (χ1v) is 10.2. The summed E-state index contributed by atoms with van der Waals surface area (Å²) in [7, 11) is 0. The molecule has 0 aliphatic heterocycles. The fourth-order valence-electron chi connectivity index (χ4n) is 3.41. The van der Waals surface area contributed by atoms with Crippen molar-refractivity contribution in [2.45, 2.75) is 72.8 Å². The van der Waals surface area contributed by atoms with Gasteiger partial charge in [-0.1, -0.05) is 20.8 Å². The predicted molar refractivity (Wildman–Crippen MR) is 105 cm³/mol. The van der Waals surface area contributed by atoms with Gasteiger partial charge in [-0.25, -0.2) is 4.79 Å². The fourth-order valence-corrected chi connectivity index (χ4v) is 4.82. The molecule has 1 atom stereocenters. The monoisotopic (exact) mass is 395 g/mol. The van der Waals surface area contributed by atoms with Crippen LogP contribution in [0.25, 0.3) is 0 Å². The summed E-state index contributed by atoms with van der Waals surface area (Å²) in [6.45, 7) is 9.27. The van der Waals surface area contributed by atoms with Crippen LogP contribution in [0, 0.1) is 11.3 Å². The molecule has 1 aliphatic rings. The van der Waals surface area contributed by atoms with Gasteiger partial charge in [0.15, 0.2) is 0 Å². The van der Waals surface area contributed by atoms with Gasteiger partial charge in [0, 0.05) is 11.3 Å². The summed E-state index contributed by atoms with van der Waals surface area (Å²) in [5.74, 6) is -1.08. The number of aliphatic carboxylic acids is 1. The van der Waals surface area contributed by atoms with E-state index in [4.69, 9.17) is 9.84 Å². The number of ether oxygens (including phenoxy) is 1. The van der Waals surface area contributed by atoms with Crippen molar-refractivity contribution in [3.05, 3.63) is 16.0 Å². The maximum Gasteiger partial charge on any atom is 0.341 e. The van der Waals surface area contributed by atoms with Gasteiger partial charge >= 0.3 is 11.9 Å². The Labute approximate surface area is 164 Å². The highest BCUT2D eigenvalue weighted by Gasteiger charge is 2.31. The molecule has 6 nitrogen and oxygen atoms in total. The number of anilines is 1. The smallest absolute Gasteiger partial charge is 0.341 e. The fraction of sp³-hybridized carbons (Fsp3) is 0.650. The predicted octanol–water partition coefficient (Wildman–Crippen LogP) is 4.27. The summed E-state index contributed by atoms with van der Waals surface area (Å²) in [6.07, 6.45) is 2.43. The van der Waals surface area contributed by atoms with Crippen LogP contribution in [0.1, 0.15) is 74.7 Å². The number of amides is 1. The number of hydrogen-bond acceptors (Lipinski definition) is 5. The lowest BCUT2D eigenvalue weighted by atomic mass is 9.85. The first-order chi connectivity index (χ1) is 12.5. The van der Waals surface area contributed by atoms with Gasteiger partial charge in [-0.05, 0) is 50.0 Å². The molecule has 0 saturated heterocycles. The zero-order valence-electron chi connectivity index (χ0n) is 16.7. The van der Waals surface area contributed by atoms with Crippen molar-refractivity contribution in [1.82, 2.24) is 0 Å². The zero-order valence-corrected chi connectivity index (χ0v) is 17.5.